The van der Waals surface area contributed by atoms with Crippen molar-refractivity contribution in [2.45, 2.75) is 6.92 Å². The molecule has 56 valence electrons. The number of hydrogen-bond acceptors (Lipinski definition) is 2. The molecule has 0 unspecified atom stereocenters. The zero-order valence-corrected chi connectivity index (χ0v) is 6.49. The summed E-state index contributed by atoms with van der Waals surface area (Å²) in [6.45, 7) is 5.77. The first-order valence-electron chi connectivity index (χ1n) is 3.42. The van der Waals surface area contributed by atoms with E-state index in [9.17, 15) is 0 Å². The van der Waals surface area contributed by atoms with Gasteiger partial charge in [-0.25, -0.2) is 0 Å². The molecule has 0 saturated carbocycles. The molecule has 1 heterocycles. The number of nitrogens with zero attached hydrogens (tertiary/aromatic N) is 2. The van der Waals surface area contributed by atoms with Crippen LogP contribution in [-0.2, 0) is 0 Å². The minimum atomic E-state index is 0.825. The van der Waals surface area contributed by atoms with Gasteiger partial charge in [0.05, 0.1) is 11.9 Å². The van der Waals surface area contributed by atoms with E-state index in [0.717, 1.165) is 11.3 Å². The number of rotatable bonds is 2. The zero-order chi connectivity index (χ0) is 8.10. The van der Waals surface area contributed by atoms with E-state index in [2.05, 4.69) is 16.5 Å². The molecule has 0 bridgehead atoms. The first kappa shape index (κ1) is 7.66. The predicted octanol–water partition coefficient (Wildman–Crippen LogP) is 2.07. The maximum Gasteiger partial charge on any atom is 0.0879 e. The molecule has 11 heavy (non-hydrogen) atoms. The van der Waals surface area contributed by atoms with Gasteiger partial charge in [-0.15, -0.1) is 0 Å². The van der Waals surface area contributed by atoms with E-state index < -0.39 is 0 Å². The summed E-state index contributed by atoms with van der Waals surface area (Å²) in [6.07, 6.45) is 8.83. The summed E-state index contributed by atoms with van der Waals surface area (Å²) in [7, 11) is 0. The van der Waals surface area contributed by atoms with Gasteiger partial charge in [0.1, 0.15) is 0 Å². The molecule has 2 nitrogen and oxygen atoms in total. The molecule has 0 N–H and O–H groups in total. The third-order valence-electron chi connectivity index (χ3n) is 1.26. The Morgan fingerprint density at radius 2 is 2.36 bits per heavy atom. The summed E-state index contributed by atoms with van der Waals surface area (Å²) in [5.74, 6) is 0. The second-order valence-electron chi connectivity index (χ2n) is 2.12. The topological polar surface area (TPSA) is 25.8 Å². The Labute approximate surface area is 66.3 Å². The fourth-order valence-corrected chi connectivity index (χ4v) is 0.751. The maximum absolute atomic E-state index is 4.08. The summed E-state index contributed by atoms with van der Waals surface area (Å²) in [5.41, 5.74) is 1.71. The SMILES string of the molecule is C=C(C=CC)c1cnccn1. The van der Waals surface area contributed by atoms with Crippen LogP contribution in [0.1, 0.15) is 12.6 Å². The second-order valence-corrected chi connectivity index (χ2v) is 2.12. The highest BCUT2D eigenvalue weighted by molar-refractivity contribution is 5.68. The van der Waals surface area contributed by atoms with Crippen LogP contribution in [-0.4, -0.2) is 9.97 Å². The van der Waals surface area contributed by atoms with Crippen molar-refractivity contribution in [1.29, 1.82) is 0 Å². The third kappa shape index (κ3) is 2.00. The van der Waals surface area contributed by atoms with Gasteiger partial charge in [-0.1, -0.05) is 18.7 Å². The Morgan fingerprint density at radius 1 is 1.55 bits per heavy atom. The Balaban J connectivity index is 2.86. The van der Waals surface area contributed by atoms with Crippen molar-refractivity contribution in [3.63, 3.8) is 0 Å². The van der Waals surface area contributed by atoms with Gasteiger partial charge in [0.15, 0.2) is 0 Å². The van der Waals surface area contributed by atoms with E-state index in [1.165, 1.54) is 0 Å². The van der Waals surface area contributed by atoms with Crippen LogP contribution >= 0.6 is 0 Å². The van der Waals surface area contributed by atoms with Crippen LogP contribution in [0.5, 0.6) is 0 Å². The van der Waals surface area contributed by atoms with Crippen LogP contribution in [0.2, 0.25) is 0 Å². The van der Waals surface area contributed by atoms with Gasteiger partial charge in [0, 0.05) is 12.4 Å². The molecule has 0 aliphatic carbocycles. The largest absolute Gasteiger partial charge is 0.261 e. The van der Waals surface area contributed by atoms with E-state index >= 15 is 0 Å². The summed E-state index contributed by atoms with van der Waals surface area (Å²) in [6, 6.07) is 0. The Kier molecular flexibility index (Phi) is 2.55. The molecule has 2 heteroatoms. The van der Waals surface area contributed by atoms with Crippen molar-refractivity contribution < 1.29 is 0 Å². The summed E-state index contributed by atoms with van der Waals surface area (Å²) < 4.78 is 0. The van der Waals surface area contributed by atoms with Gasteiger partial charge < -0.3 is 0 Å². The summed E-state index contributed by atoms with van der Waals surface area (Å²) in [4.78, 5) is 8.01. The highest BCUT2D eigenvalue weighted by atomic mass is 14.8. The molecule has 1 aromatic rings. The van der Waals surface area contributed by atoms with Crippen molar-refractivity contribution in [3.8, 4) is 0 Å². The van der Waals surface area contributed by atoms with E-state index in [4.69, 9.17) is 0 Å². The molecule has 0 saturated heterocycles. The standard InChI is InChI=1S/C9H10N2/c1-3-4-8(2)9-7-10-5-6-11-9/h3-7H,2H2,1H3. The Hall–Kier alpha value is -1.44. The fourth-order valence-electron chi connectivity index (χ4n) is 0.751. The highest BCUT2D eigenvalue weighted by Gasteiger charge is 1.92. The minimum Gasteiger partial charge on any atom is -0.261 e. The molecule has 1 rings (SSSR count). The Morgan fingerprint density at radius 3 is 2.91 bits per heavy atom. The molecule has 0 radical (unpaired) electrons. The molecule has 0 aromatic carbocycles. The summed E-state index contributed by atoms with van der Waals surface area (Å²) in [5, 5.41) is 0. The van der Waals surface area contributed by atoms with Gasteiger partial charge >= 0.3 is 0 Å². The molecule has 0 atom stereocenters. The van der Waals surface area contributed by atoms with Crippen LogP contribution in [0.15, 0.2) is 37.3 Å². The molecule has 1 aromatic heterocycles. The summed E-state index contributed by atoms with van der Waals surface area (Å²) >= 11 is 0. The number of aromatic nitrogens is 2. The van der Waals surface area contributed by atoms with Crippen molar-refractivity contribution in [2.75, 3.05) is 0 Å². The van der Waals surface area contributed by atoms with E-state index in [1.807, 2.05) is 19.1 Å². The quantitative estimate of drug-likeness (QED) is 0.597. The molecule has 0 aliphatic heterocycles. The van der Waals surface area contributed by atoms with Crippen molar-refractivity contribution in [1.82, 2.24) is 9.97 Å². The Bertz CT molecular complexity index is 262. The van der Waals surface area contributed by atoms with Crippen LogP contribution in [0.4, 0.5) is 0 Å². The molecular formula is C9H10N2. The van der Waals surface area contributed by atoms with Gasteiger partial charge in [-0.3, -0.25) is 9.97 Å². The third-order valence-corrected chi connectivity index (χ3v) is 1.26. The number of hydrogen-bond donors (Lipinski definition) is 0. The van der Waals surface area contributed by atoms with Gasteiger partial charge in [-0.2, -0.15) is 0 Å². The molecular weight excluding hydrogens is 136 g/mol. The van der Waals surface area contributed by atoms with Crippen LogP contribution in [0.25, 0.3) is 5.57 Å². The smallest absolute Gasteiger partial charge is 0.0879 e. The van der Waals surface area contributed by atoms with E-state index in [1.54, 1.807) is 18.6 Å². The molecule has 0 aliphatic rings. The molecule has 0 amide bonds. The lowest BCUT2D eigenvalue weighted by molar-refractivity contribution is 1.17. The first-order valence-corrected chi connectivity index (χ1v) is 3.42. The maximum atomic E-state index is 4.08. The first-order chi connectivity index (χ1) is 5.34. The van der Waals surface area contributed by atoms with Crippen LogP contribution in [0, 0.1) is 0 Å². The molecule has 0 spiro atoms. The average molecular weight is 146 g/mol. The van der Waals surface area contributed by atoms with Crippen LogP contribution in [0.3, 0.4) is 0 Å². The van der Waals surface area contributed by atoms with Crippen LogP contribution < -0.4 is 0 Å². The van der Waals surface area contributed by atoms with Gasteiger partial charge in [0.25, 0.3) is 0 Å². The van der Waals surface area contributed by atoms with E-state index in [-0.39, 0.29) is 0 Å². The normalized spacial score (nSPS) is 10.3. The lowest BCUT2D eigenvalue weighted by Gasteiger charge is -1.95. The highest BCUT2D eigenvalue weighted by Crippen LogP contribution is 2.07. The van der Waals surface area contributed by atoms with Gasteiger partial charge in [0.2, 0.25) is 0 Å². The number of allylic oxidation sites excluding steroid dienone is 3. The minimum absolute atomic E-state index is 0.825. The molecule has 0 fully saturated rings. The van der Waals surface area contributed by atoms with Gasteiger partial charge in [-0.05, 0) is 12.5 Å². The van der Waals surface area contributed by atoms with Crippen molar-refractivity contribution in [3.05, 3.63) is 43.0 Å². The predicted molar refractivity (Wildman–Crippen MR) is 45.9 cm³/mol. The second kappa shape index (κ2) is 3.66. The zero-order valence-electron chi connectivity index (χ0n) is 6.49. The van der Waals surface area contributed by atoms with Crippen molar-refractivity contribution in [2.24, 2.45) is 0 Å². The monoisotopic (exact) mass is 146 g/mol. The lowest BCUT2D eigenvalue weighted by atomic mass is 10.2. The fraction of sp³-hybridized carbons (Fsp3) is 0.111. The lowest BCUT2D eigenvalue weighted by Crippen LogP contribution is -1.85. The average Bonchev–Trinajstić information content (AvgIpc) is 2.07. The van der Waals surface area contributed by atoms with Crippen molar-refractivity contribution >= 4 is 5.57 Å². The van der Waals surface area contributed by atoms with E-state index in [0.29, 0.717) is 0 Å².